The molecule has 2 atom stereocenters. The molecule has 2 N–H and O–H groups in total. The standard InChI is InChI=1S/C12H21NO3/c1-8(6-12(15)16)5-11(14)13-9(2)7-10-3-4-10/h8-10H,3-7H2,1-2H3,(H,13,14)(H,15,16). The van der Waals surface area contributed by atoms with Crippen LogP contribution in [-0.4, -0.2) is 23.0 Å². The lowest BCUT2D eigenvalue weighted by Crippen LogP contribution is -2.33. The third kappa shape index (κ3) is 5.73. The van der Waals surface area contributed by atoms with E-state index in [1.165, 1.54) is 12.8 Å². The molecule has 0 radical (unpaired) electrons. The maximum Gasteiger partial charge on any atom is 0.303 e. The van der Waals surface area contributed by atoms with Crippen molar-refractivity contribution in [3.63, 3.8) is 0 Å². The average molecular weight is 227 g/mol. The summed E-state index contributed by atoms with van der Waals surface area (Å²) in [5.41, 5.74) is 0. The van der Waals surface area contributed by atoms with Gasteiger partial charge in [-0.25, -0.2) is 0 Å². The Kier molecular flexibility index (Phi) is 4.77. The number of carboxylic acid groups (broad SMARTS) is 1. The molecular weight excluding hydrogens is 206 g/mol. The Morgan fingerprint density at radius 2 is 1.94 bits per heavy atom. The number of rotatable bonds is 7. The average Bonchev–Trinajstić information content (AvgIpc) is 2.84. The summed E-state index contributed by atoms with van der Waals surface area (Å²) in [6.45, 7) is 3.80. The van der Waals surface area contributed by atoms with Crippen LogP contribution in [0.1, 0.15) is 46.0 Å². The van der Waals surface area contributed by atoms with Gasteiger partial charge in [-0.2, -0.15) is 0 Å². The first-order valence-corrected chi connectivity index (χ1v) is 5.98. The van der Waals surface area contributed by atoms with Crippen LogP contribution in [0.5, 0.6) is 0 Å². The lowest BCUT2D eigenvalue weighted by atomic mass is 10.0. The topological polar surface area (TPSA) is 66.4 Å². The minimum atomic E-state index is -0.841. The summed E-state index contributed by atoms with van der Waals surface area (Å²) in [5, 5.41) is 11.5. The first-order valence-electron chi connectivity index (χ1n) is 5.98. The molecule has 1 fully saturated rings. The number of nitrogens with one attached hydrogen (secondary N) is 1. The van der Waals surface area contributed by atoms with Crippen LogP contribution in [-0.2, 0) is 9.59 Å². The predicted molar refractivity (Wildman–Crippen MR) is 61.0 cm³/mol. The quantitative estimate of drug-likeness (QED) is 0.697. The highest BCUT2D eigenvalue weighted by atomic mass is 16.4. The van der Waals surface area contributed by atoms with Gasteiger partial charge < -0.3 is 10.4 Å². The molecule has 1 rings (SSSR count). The van der Waals surface area contributed by atoms with Gasteiger partial charge in [0.1, 0.15) is 0 Å². The first kappa shape index (κ1) is 13.0. The van der Waals surface area contributed by atoms with Crippen molar-refractivity contribution in [2.24, 2.45) is 11.8 Å². The summed E-state index contributed by atoms with van der Waals surface area (Å²) >= 11 is 0. The fourth-order valence-corrected chi connectivity index (χ4v) is 1.93. The molecule has 0 aromatic rings. The van der Waals surface area contributed by atoms with Crippen molar-refractivity contribution in [1.29, 1.82) is 0 Å². The van der Waals surface area contributed by atoms with Crippen LogP contribution >= 0.6 is 0 Å². The lowest BCUT2D eigenvalue weighted by Gasteiger charge is -2.15. The Labute approximate surface area is 96.4 Å². The summed E-state index contributed by atoms with van der Waals surface area (Å²) < 4.78 is 0. The number of amides is 1. The normalized spacial score (nSPS) is 18.9. The Morgan fingerprint density at radius 1 is 1.31 bits per heavy atom. The molecule has 0 aliphatic heterocycles. The Hall–Kier alpha value is -1.06. The van der Waals surface area contributed by atoms with E-state index in [4.69, 9.17) is 5.11 Å². The van der Waals surface area contributed by atoms with Crippen molar-refractivity contribution in [2.75, 3.05) is 0 Å². The van der Waals surface area contributed by atoms with Crippen LogP contribution in [0.4, 0.5) is 0 Å². The van der Waals surface area contributed by atoms with Crippen molar-refractivity contribution in [3.05, 3.63) is 0 Å². The van der Waals surface area contributed by atoms with E-state index < -0.39 is 5.97 Å². The van der Waals surface area contributed by atoms with E-state index in [-0.39, 0.29) is 24.3 Å². The zero-order valence-electron chi connectivity index (χ0n) is 10.0. The monoisotopic (exact) mass is 227 g/mol. The molecule has 0 aromatic heterocycles. The van der Waals surface area contributed by atoms with Gasteiger partial charge in [-0.3, -0.25) is 9.59 Å². The van der Waals surface area contributed by atoms with Crippen LogP contribution in [0.3, 0.4) is 0 Å². The van der Waals surface area contributed by atoms with E-state index in [1.54, 1.807) is 6.92 Å². The number of carbonyl (C=O) groups is 2. The number of aliphatic carboxylic acids is 1. The highest BCUT2D eigenvalue weighted by Crippen LogP contribution is 2.33. The summed E-state index contributed by atoms with van der Waals surface area (Å²) in [7, 11) is 0. The van der Waals surface area contributed by atoms with Gasteiger partial charge in [0.25, 0.3) is 0 Å². The van der Waals surface area contributed by atoms with Gasteiger partial charge >= 0.3 is 5.97 Å². The highest BCUT2D eigenvalue weighted by molar-refractivity contribution is 5.77. The Morgan fingerprint density at radius 3 is 2.44 bits per heavy atom. The third-order valence-corrected chi connectivity index (χ3v) is 2.85. The van der Waals surface area contributed by atoms with E-state index in [9.17, 15) is 9.59 Å². The molecule has 1 aliphatic rings. The molecule has 16 heavy (non-hydrogen) atoms. The SMILES string of the molecule is CC(CC(=O)O)CC(=O)NC(C)CC1CC1. The smallest absolute Gasteiger partial charge is 0.303 e. The van der Waals surface area contributed by atoms with Crippen molar-refractivity contribution in [1.82, 2.24) is 5.32 Å². The van der Waals surface area contributed by atoms with E-state index in [0.717, 1.165) is 12.3 Å². The van der Waals surface area contributed by atoms with Crippen molar-refractivity contribution < 1.29 is 14.7 Å². The van der Waals surface area contributed by atoms with Gasteiger partial charge in [0.15, 0.2) is 0 Å². The fourth-order valence-electron chi connectivity index (χ4n) is 1.93. The minimum absolute atomic E-state index is 0.0260. The molecule has 2 unspecified atom stereocenters. The van der Waals surface area contributed by atoms with E-state index >= 15 is 0 Å². The minimum Gasteiger partial charge on any atom is -0.481 e. The Balaban J connectivity index is 2.15. The number of carboxylic acids is 1. The highest BCUT2D eigenvalue weighted by Gasteiger charge is 2.24. The summed E-state index contributed by atoms with van der Waals surface area (Å²) in [4.78, 5) is 22.0. The van der Waals surface area contributed by atoms with Crippen LogP contribution < -0.4 is 5.32 Å². The largest absolute Gasteiger partial charge is 0.481 e. The molecule has 4 nitrogen and oxygen atoms in total. The molecule has 1 amide bonds. The van der Waals surface area contributed by atoms with Gasteiger partial charge in [0, 0.05) is 18.9 Å². The maximum absolute atomic E-state index is 11.5. The van der Waals surface area contributed by atoms with Crippen molar-refractivity contribution >= 4 is 11.9 Å². The number of hydrogen-bond donors (Lipinski definition) is 2. The second-order valence-corrected chi connectivity index (χ2v) is 5.05. The van der Waals surface area contributed by atoms with Gasteiger partial charge in [0.2, 0.25) is 5.91 Å². The van der Waals surface area contributed by atoms with Crippen molar-refractivity contribution in [2.45, 2.75) is 52.0 Å². The zero-order chi connectivity index (χ0) is 12.1. The number of hydrogen-bond acceptors (Lipinski definition) is 2. The second kappa shape index (κ2) is 5.87. The third-order valence-electron chi connectivity index (χ3n) is 2.85. The molecule has 0 saturated heterocycles. The molecule has 1 saturated carbocycles. The predicted octanol–water partition coefficient (Wildman–Crippen LogP) is 1.79. The van der Waals surface area contributed by atoms with Crippen LogP contribution in [0.2, 0.25) is 0 Å². The van der Waals surface area contributed by atoms with Crippen LogP contribution in [0, 0.1) is 11.8 Å². The molecule has 0 bridgehead atoms. The molecule has 0 aromatic carbocycles. The van der Waals surface area contributed by atoms with Crippen molar-refractivity contribution in [3.8, 4) is 0 Å². The fraction of sp³-hybridized carbons (Fsp3) is 0.833. The number of carbonyl (C=O) groups excluding carboxylic acids is 1. The summed E-state index contributed by atoms with van der Waals surface area (Å²) in [5.74, 6) is -0.161. The van der Waals surface area contributed by atoms with E-state index in [2.05, 4.69) is 5.32 Å². The maximum atomic E-state index is 11.5. The molecule has 0 spiro atoms. The zero-order valence-corrected chi connectivity index (χ0v) is 10.0. The van der Waals surface area contributed by atoms with Gasteiger partial charge in [-0.05, 0) is 25.2 Å². The molecular formula is C12H21NO3. The van der Waals surface area contributed by atoms with E-state index in [1.807, 2.05) is 6.92 Å². The summed E-state index contributed by atoms with van der Waals surface area (Å²) in [6.07, 6.45) is 4.00. The van der Waals surface area contributed by atoms with Gasteiger partial charge in [-0.15, -0.1) is 0 Å². The van der Waals surface area contributed by atoms with Gasteiger partial charge in [0.05, 0.1) is 0 Å². The summed E-state index contributed by atoms with van der Waals surface area (Å²) in [6, 6.07) is 0.219. The lowest BCUT2D eigenvalue weighted by molar-refractivity contribution is -0.138. The molecule has 4 heteroatoms. The van der Waals surface area contributed by atoms with Crippen LogP contribution in [0.25, 0.3) is 0 Å². The van der Waals surface area contributed by atoms with E-state index in [0.29, 0.717) is 6.42 Å². The molecule has 92 valence electrons. The first-order chi connectivity index (χ1) is 7.47. The second-order valence-electron chi connectivity index (χ2n) is 5.05. The van der Waals surface area contributed by atoms with Crippen LogP contribution in [0.15, 0.2) is 0 Å². The Bertz CT molecular complexity index is 261. The van der Waals surface area contributed by atoms with Gasteiger partial charge in [-0.1, -0.05) is 19.8 Å². The molecule has 0 heterocycles. The molecule has 1 aliphatic carbocycles.